The van der Waals surface area contributed by atoms with Gasteiger partial charge in [-0.05, 0) is 68.3 Å². The third kappa shape index (κ3) is 4.45. The molecule has 1 atom stereocenters. The van der Waals surface area contributed by atoms with E-state index in [2.05, 4.69) is 0 Å². The molecule has 1 aliphatic carbocycles. The molecule has 0 saturated heterocycles. The quantitative estimate of drug-likeness (QED) is 0.402. The molecule has 0 heterocycles. The number of aliphatic carboxylic acids is 1. The number of carbonyl (C=O) groups excluding carboxylic acids is 1. The summed E-state index contributed by atoms with van der Waals surface area (Å²) in [6.07, 6.45) is 1.14. The first-order chi connectivity index (χ1) is 15.1. The molecule has 0 aliphatic heterocycles. The molecule has 172 valence electrons. The van der Waals surface area contributed by atoms with Gasteiger partial charge in [0, 0.05) is 0 Å². The molecule has 0 aromatic heterocycles. The van der Waals surface area contributed by atoms with Crippen LogP contribution in [0.15, 0.2) is 53.4 Å². The fourth-order valence-electron chi connectivity index (χ4n) is 3.95. The molecule has 32 heavy (non-hydrogen) atoms. The molecular formula is C21H23FN2O7S. The van der Waals surface area contributed by atoms with Gasteiger partial charge in [0.05, 0.1) is 4.90 Å². The van der Waals surface area contributed by atoms with Gasteiger partial charge in [-0.25, -0.2) is 18.3 Å². The molecule has 1 fully saturated rings. The molecule has 1 amide bonds. The molecule has 1 unspecified atom stereocenters. The van der Waals surface area contributed by atoms with Crippen LogP contribution >= 0.6 is 0 Å². The second-order valence-electron chi connectivity index (χ2n) is 7.52. The Morgan fingerprint density at radius 3 is 2.03 bits per heavy atom. The standard InChI is InChI=1S/C21H23FN2O7S/c1-14(19(25)26)24(21(20(27)23-28)12-2-3-13-21)32(29,30)18-10-8-17(9-11-18)31-16-6-4-15(22)5-7-16/h4-11,14,28H,2-3,12-13H2,1H3,(H,23,27)(H,25,26). The number of rotatable bonds is 8. The van der Waals surface area contributed by atoms with E-state index in [0.29, 0.717) is 22.9 Å². The lowest BCUT2D eigenvalue weighted by molar-refractivity contribution is -0.147. The zero-order valence-corrected chi connectivity index (χ0v) is 18.0. The Hall–Kier alpha value is -3.02. The van der Waals surface area contributed by atoms with Crippen molar-refractivity contribution in [1.29, 1.82) is 0 Å². The Morgan fingerprint density at radius 1 is 1.06 bits per heavy atom. The molecule has 0 radical (unpaired) electrons. The predicted octanol–water partition coefficient (Wildman–Crippen LogP) is 2.90. The molecule has 3 rings (SSSR count). The van der Waals surface area contributed by atoms with E-state index >= 15 is 0 Å². The second-order valence-corrected chi connectivity index (χ2v) is 9.34. The number of hydrogen-bond donors (Lipinski definition) is 3. The topological polar surface area (TPSA) is 133 Å². The number of carboxylic acid groups (broad SMARTS) is 1. The summed E-state index contributed by atoms with van der Waals surface area (Å²) in [4.78, 5) is 24.1. The van der Waals surface area contributed by atoms with Gasteiger partial charge in [-0.3, -0.25) is 14.8 Å². The highest BCUT2D eigenvalue weighted by molar-refractivity contribution is 7.89. The average Bonchev–Trinajstić information content (AvgIpc) is 3.25. The Balaban J connectivity index is 1.98. The van der Waals surface area contributed by atoms with E-state index < -0.39 is 39.3 Å². The number of nitrogens with zero attached hydrogens (tertiary/aromatic N) is 1. The van der Waals surface area contributed by atoms with Gasteiger partial charge in [0.15, 0.2) is 0 Å². The van der Waals surface area contributed by atoms with Crippen molar-refractivity contribution in [2.75, 3.05) is 0 Å². The van der Waals surface area contributed by atoms with Gasteiger partial charge in [-0.2, -0.15) is 4.31 Å². The van der Waals surface area contributed by atoms with Crippen LogP contribution in [0.3, 0.4) is 0 Å². The van der Waals surface area contributed by atoms with Crippen LogP contribution in [0.5, 0.6) is 11.5 Å². The Labute approximate surface area is 184 Å². The summed E-state index contributed by atoms with van der Waals surface area (Å²) < 4.78 is 46.3. The number of carbonyl (C=O) groups is 2. The fourth-order valence-corrected chi connectivity index (χ4v) is 5.89. The number of hydroxylamine groups is 1. The molecule has 1 aliphatic rings. The van der Waals surface area contributed by atoms with Crippen LogP contribution in [0.2, 0.25) is 0 Å². The molecule has 3 N–H and O–H groups in total. The molecule has 0 bridgehead atoms. The molecule has 0 spiro atoms. The van der Waals surface area contributed by atoms with E-state index in [-0.39, 0.29) is 23.5 Å². The lowest BCUT2D eigenvalue weighted by Gasteiger charge is -2.40. The number of sulfonamides is 1. The minimum atomic E-state index is -4.46. The van der Waals surface area contributed by atoms with Gasteiger partial charge >= 0.3 is 5.97 Å². The Bertz CT molecular complexity index is 1080. The molecule has 9 nitrogen and oxygen atoms in total. The zero-order valence-electron chi connectivity index (χ0n) is 17.2. The smallest absolute Gasteiger partial charge is 0.321 e. The van der Waals surface area contributed by atoms with Crippen molar-refractivity contribution in [2.24, 2.45) is 0 Å². The summed E-state index contributed by atoms with van der Waals surface area (Å²) in [6.45, 7) is 1.18. The van der Waals surface area contributed by atoms with E-state index in [1.165, 1.54) is 60.9 Å². The van der Waals surface area contributed by atoms with Crippen molar-refractivity contribution >= 4 is 21.9 Å². The normalized spacial score (nSPS) is 16.5. The average molecular weight is 466 g/mol. The fraction of sp³-hybridized carbons (Fsp3) is 0.333. The van der Waals surface area contributed by atoms with Gasteiger partial charge < -0.3 is 9.84 Å². The number of carboxylic acids is 1. The lowest BCUT2D eigenvalue weighted by Crippen LogP contribution is -2.62. The number of nitrogens with one attached hydrogen (secondary N) is 1. The van der Waals surface area contributed by atoms with Crippen LogP contribution in [0.4, 0.5) is 4.39 Å². The molecule has 2 aromatic carbocycles. The van der Waals surface area contributed by atoms with E-state index in [0.717, 1.165) is 0 Å². The van der Waals surface area contributed by atoms with Gasteiger partial charge in [-0.1, -0.05) is 12.8 Å². The van der Waals surface area contributed by atoms with E-state index in [1.54, 1.807) is 0 Å². The summed E-state index contributed by atoms with van der Waals surface area (Å²) >= 11 is 0. The van der Waals surface area contributed by atoms with E-state index in [9.17, 15) is 32.7 Å². The minimum Gasteiger partial charge on any atom is -0.480 e. The van der Waals surface area contributed by atoms with Crippen LogP contribution < -0.4 is 10.2 Å². The van der Waals surface area contributed by atoms with E-state index in [1.807, 2.05) is 0 Å². The summed E-state index contributed by atoms with van der Waals surface area (Å²) in [5.41, 5.74) is -0.226. The van der Waals surface area contributed by atoms with Crippen LogP contribution in [0.1, 0.15) is 32.6 Å². The van der Waals surface area contributed by atoms with Crippen molar-refractivity contribution in [1.82, 2.24) is 9.79 Å². The maximum absolute atomic E-state index is 13.5. The van der Waals surface area contributed by atoms with Crippen molar-refractivity contribution < 1.29 is 37.4 Å². The third-order valence-corrected chi connectivity index (χ3v) is 7.57. The third-order valence-electron chi connectivity index (χ3n) is 5.52. The van der Waals surface area contributed by atoms with Crippen LogP contribution in [-0.2, 0) is 19.6 Å². The van der Waals surface area contributed by atoms with Gasteiger partial charge in [0.25, 0.3) is 5.91 Å². The first-order valence-corrected chi connectivity index (χ1v) is 11.3. The maximum atomic E-state index is 13.5. The number of amides is 1. The number of benzene rings is 2. The maximum Gasteiger partial charge on any atom is 0.321 e. The summed E-state index contributed by atoms with van der Waals surface area (Å²) in [7, 11) is -4.46. The Kier molecular flexibility index (Phi) is 6.82. The number of halogens is 1. The minimum absolute atomic E-state index is 0.0714. The summed E-state index contributed by atoms with van der Waals surface area (Å²) in [5.74, 6) is -2.21. The molecule has 1 saturated carbocycles. The van der Waals surface area contributed by atoms with E-state index in [4.69, 9.17) is 4.74 Å². The highest BCUT2D eigenvalue weighted by Crippen LogP contribution is 2.40. The zero-order chi connectivity index (χ0) is 23.5. The number of ether oxygens (including phenoxy) is 1. The van der Waals surface area contributed by atoms with Crippen LogP contribution in [0.25, 0.3) is 0 Å². The molecule has 11 heteroatoms. The van der Waals surface area contributed by atoms with Gasteiger partial charge in [-0.15, -0.1) is 0 Å². The largest absolute Gasteiger partial charge is 0.480 e. The van der Waals surface area contributed by atoms with Gasteiger partial charge in [0.2, 0.25) is 10.0 Å². The first kappa shape index (κ1) is 23.6. The van der Waals surface area contributed by atoms with Crippen molar-refractivity contribution in [2.45, 2.75) is 49.1 Å². The van der Waals surface area contributed by atoms with Gasteiger partial charge in [0.1, 0.15) is 28.9 Å². The highest BCUT2D eigenvalue weighted by atomic mass is 32.2. The monoisotopic (exact) mass is 466 g/mol. The SMILES string of the molecule is CC(C(=O)O)N(C1(C(=O)NO)CCCC1)S(=O)(=O)c1ccc(Oc2ccc(F)cc2)cc1. The van der Waals surface area contributed by atoms with Crippen molar-refractivity contribution in [3.05, 3.63) is 54.3 Å². The van der Waals surface area contributed by atoms with Crippen LogP contribution in [0, 0.1) is 5.82 Å². The van der Waals surface area contributed by atoms with Crippen molar-refractivity contribution in [3.63, 3.8) is 0 Å². The molecular weight excluding hydrogens is 443 g/mol. The van der Waals surface area contributed by atoms with Crippen LogP contribution in [-0.4, -0.2) is 46.5 Å². The lowest BCUT2D eigenvalue weighted by atomic mass is 9.95. The second kappa shape index (κ2) is 9.23. The first-order valence-electron chi connectivity index (χ1n) is 9.87. The highest BCUT2D eigenvalue weighted by Gasteiger charge is 2.54. The Morgan fingerprint density at radius 2 is 1.56 bits per heavy atom. The molecule has 2 aromatic rings. The summed E-state index contributed by atoms with van der Waals surface area (Å²) in [6, 6.07) is 8.89. The predicted molar refractivity (Wildman–Crippen MR) is 110 cm³/mol. The van der Waals surface area contributed by atoms with Crippen molar-refractivity contribution in [3.8, 4) is 11.5 Å². The number of hydrogen-bond acceptors (Lipinski definition) is 6. The summed E-state index contributed by atoms with van der Waals surface area (Å²) in [5, 5.41) is 18.8.